The summed E-state index contributed by atoms with van der Waals surface area (Å²) in [5.41, 5.74) is -0.344. The van der Waals surface area contributed by atoms with Crippen molar-refractivity contribution < 1.29 is 13.9 Å². The quantitative estimate of drug-likeness (QED) is 0.803. The lowest BCUT2D eigenvalue weighted by atomic mass is 9.75. The van der Waals surface area contributed by atoms with Gasteiger partial charge in [-0.3, -0.25) is 9.59 Å². The van der Waals surface area contributed by atoms with Crippen molar-refractivity contribution in [3.8, 4) is 5.75 Å². The number of piperidine rings is 1. The molecule has 5 nitrogen and oxygen atoms in total. The SMILES string of the molecule is C=CC[C@H]1N(C(=O)c2cc(=O)c(OC)co2)CCCC1(C)C. The predicted molar refractivity (Wildman–Crippen MR) is 84.2 cm³/mol. The van der Waals surface area contributed by atoms with E-state index in [0.717, 1.165) is 19.3 Å². The predicted octanol–water partition coefficient (Wildman–Crippen LogP) is 2.86. The molecule has 5 heteroatoms. The first kappa shape index (κ1) is 16.3. The van der Waals surface area contributed by atoms with E-state index in [2.05, 4.69) is 20.4 Å². The van der Waals surface area contributed by atoms with Crippen LogP contribution in [-0.2, 0) is 0 Å². The number of hydrogen-bond acceptors (Lipinski definition) is 4. The molecule has 0 saturated carbocycles. The first-order valence-electron chi connectivity index (χ1n) is 7.49. The van der Waals surface area contributed by atoms with Crippen molar-refractivity contribution in [2.45, 2.75) is 39.2 Å². The number of ether oxygens (including phenoxy) is 1. The normalized spacial score (nSPS) is 20.5. The van der Waals surface area contributed by atoms with Gasteiger partial charge >= 0.3 is 0 Å². The van der Waals surface area contributed by atoms with Crippen molar-refractivity contribution in [3.05, 3.63) is 41.0 Å². The average Bonchev–Trinajstić information content (AvgIpc) is 2.48. The van der Waals surface area contributed by atoms with E-state index in [1.165, 1.54) is 19.4 Å². The molecule has 1 aromatic rings. The number of carbonyl (C=O) groups is 1. The van der Waals surface area contributed by atoms with Gasteiger partial charge in [-0.25, -0.2) is 0 Å². The second-order valence-electron chi connectivity index (χ2n) is 6.31. The first-order chi connectivity index (χ1) is 10.4. The Bertz CT molecular complexity index is 617. The molecule has 22 heavy (non-hydrogen) atoms. The third kappa shape index (κ3) is 3.08. The molecule has 1 aliphatic rings. The van der Waals surface area contributed by atoms with Gasteiger partial charge in [-0.05, 0) is 24.7 Å². The molecular formula is C17H23NO4. The molecule has 0 aliphatic carbocycles. The van der Waals surface area contributed by atoms with Crippen molar-refractivity contribution in [2.24, 2.45) is 5.41 Å². The molecule has 1 aliphatic heterocycles. The van der Waals surface area contributed by atoms with Gasteiger partial charge in [-0.1, -0.05) is 19.9 Å². The number of likely N-dealkylation sites (tertiary alicyclic amines) is 1. The highest BCUT2D eigenvalue weighted by atomic mass is 16.5. The van der Waals surface area contributed by atoms with Gasteiger partial charge in [0.25, 0.3) is 5.91 Å². The van der Waals surface area contributed by atoms with Gasteiger partial charge in [0.15, 0.2) is 5.76 Å². The summed E-state index contributed by atoms with van der Waals surface area (Å²) >= 11 is 0. The lowest BCUT2D eigenvalue weighted by molar-refractivity contribution is 0.0259. The van der Waals surface area contributed by atoms with Crippen LogP contribution in [0, 0.1) is 5.41 Å². The summed E-state index contributed by atoms with van der Waals surface area (Å²) in [6.07, 6.45) is 5.74. The van der Waals surface area contributed by atoms with Gasteiger partial charge in [-0.2, -0.15) is 0 Å². The molecule has 1 fully saturated rings. The maximum absolute atomic E-state index is 12.7. The second-order valence-corrected chi connectivity index (χ2v) is 6.31. The third-order valence-electron chi connectivity index (χ3n) is 4.38. The Labute approximate surface area is 130 Å². The molecule has 120 valence electrons. The molecule has 0 aromatic carbocycles. The van der Waals surface area contributed by atoms with Crippen LogP contribution in [0.1, 0.15) is 43.7 Å². The summed E-state index contributed by atoms with van der Waals surface area (Å²) in [6, 6.07) is 1.26. The summed E-state index contributed by atoms with van der Waals surface area (Å²) in [5, 5.41) is 0. The Morgan fingerprint density at radius 3 is 2.91 bits per heavy atom. The summed E-state index contributed by atoms with van der Waals surface area (Å²) in [4.78, 5) is 26.4. The fraction of sp³-hybridized carbons (Fsp3) is 0.529. The monoisotopic (exact) mass is 305 g/mol. The van der Waals surface area contributed by atoms with Crippen LogP contribution >= 0.6 is 0 Å². The van der Waals surface area contributed by atoms with Crippen LogP contribution < -0.4 is 10.2 Å². The lowest BCUT2D eigenvalue weighted by Crippen LogP contribution is -2.52. The minimum absolute atomic E-state index is 0.00879. The largest absolute Gasteiger partial charge is 0.490 e. The molecule has 2 heterocycles. The van der Waals surface area contributed by atoms with E-state index in [-0.39, 0.29) is 34.3 Å². The Morgan fingerprint density at radius 1 is 1.59 bits per heavy atom. The zero-order chi connectivity index (χ0) is 16.3. The van der Waals surface area contributed by atoms with E-state index >= 15 is 0 Å². The molecule has 1 atom stereocenters. The highest BCUT2D eigenvalue weighted by molar-refractivity contribution is 5.91. The average molecular weight is 305 g/mol. The van der Waals surface area contributed by atoms with E-state index in [0.29, 0.717) is 6.54 Å². The topological polar surface area (TPSA) is 59.8 Å². The number of amides is 1. The minimum Gasteiger partial charge on any atom is -0.490 e. The number of carbonyl (C=O) groups excluding carboxylic acids is 1. The molecule has 1 saturated heterocycles. The Morgan fingerprint density at radius 2 is 2.32 bits per heavy atom. The molecule has 1 amide bonds. The Balaban J connectivity index is 2.32. The van der Waals surface area contributed by atoms with Crippen LogP contribution in [0.15, 0.2) is 34.2 Å². The van der Waals surface area contributed by atoms with E-state index in [4.69, 9.17) is 9.15 Å². The maximum Gasteiger partial charge on any atom is 0.289 e. The number of nitrogens with zero attached hydrogens (tertiary/aromatic N) is 1. The van der Waals surface area contributed by atoms with E-state index in [9.17, 15) is 9.59 Å². The summed E-state index contributed by atoms with van der Waals surface area (Å²) in [7, 11) is 1.39. The van der Waals surface area contributed by atoms with Gasteiger partial charge < -0.3 is 14.1 Å². The van der Waals surface area contributed by atoms with Crippen molar-refractivity contribution in [2.75, 3.05) is 13.7 Å². The van der Waals surface area contributed by atoms with Crippen molar-refractivity contribution in [1.82, 2.24) is 4.90 Å². The van der Waals surface area contributed by atoms with Gasteiger partial charge in [0.05, 0.1) is 7.11 Å². The number of rotatable bonds is 4. The molecule has 0 radical (unpaired) electrons. The van der Waals surface area contributed by atoms with Crippen molar-refractivity contribution in [3.63, 3.8) is 0 Å². The Kier molecular flexibility index (Phi) is 4.74. The highest BCUT2D eigenvalue weighted by Gasteiger charge is 2.39. The fourth-order valence-electron chi connectivity index (χ4n) is 3.10. The lowest BCUT2D eigenvalue weighted by Gasteiger charge is -2.46. The van der Waals surface area contributed by atoms with Crippen LogP contribution in [0.4, 0.5) is 0 Å². The van der Waals surface area contributed by atoms with E-state index in [1.807, 2.05) is 6.08 Å². The summed E-state index contributed by atoms with van der Waals surface area (Å²) in [5.74, 6) is -0.102. The maximum atomic E-state index is 12.7. The van der Waals surface area contributed by atoms with Crippen LogP contribution in [0.2, 0.25) is 0 Å². The van der Waals surface area contributed by atoms with Crippen molar-refractivity contribution >= 4 is 5.91 Å². The highest BCUT2D eigenvalue weighted by Crippen LogP contribution is 2.37. The summed E-state index contributed by atoms with van der Waals surface area (Å²) in [6.45, 7) is 8.77. The standard InChI is InChI=1S/C17H23NO4/c1-5-7-15-17(2,3)8-6-9-18(15)16(20)13-10-12(19)14(21-4)11-22-13/h5,10-11,15H,1,6-9H2,2-4H3/t15-/m1/s1. The van der Waals surface area contributed by atoms with Crippen molar-refractivity contribution in [1.29, 1.82) is 0 Å². The molecule has 1 aromatic heterocycles. The zero-order valence-corrected chi connectivity index (χ0v) is 13.4. The van der Waals surface area contributed by atoms with E-state index in [1.54, 1.807) is 4.90 Å². The first-order valence-corrected chi connectivity index (χ1v) is 7.49. The van der Waals surface area contributed by atoms with Gasteiger partial charge in [0.2, 0.25) is 11.2 Å². The zero-order valence-electron chi connectivity index (χ0n) is 13.4. The van der Waals surface area contributed by atoms with Gasteiger partial charge in [0, 0.05) is 18.7 Å². The molecule has 2 rings (SSSR count). The molecule has 0 bridgehead atoms. The van der Waals surface area contributed by atoms with Crippen LogP contribution in [-0.4, -0.2) is 30.5 Å². The van der Waals surface area contributed by atoms with E-state index < -0.39 is 0 Å². The second kappa shape index (κ2) is 6.38. The number of methoxy groups -OCH3 is 1. The molecule has 0 N–H and O–H groups in total. The number of hydrogen-bond donors (Lipinski definition) is 0. The van der Waals surface area contributed by atoms with Crippen LogP contribution in [0.25, 0.3) is 0 Å². The van der Waals surface area contributed by atoms with Crippen LogP contribution in [0.5, 0.6) is 5.75 Å². The molecule has 0 spiro atoms. The summed E-state index contributed by atoms with van der Waals surface area (Å²) < 4.78 is 10.2. The minimum atomic E-state index is -0.353. The third-order valence-corrected chi connectivity index (χ3v) is 4.38. The smallest absolute Gasteiger partial charge is 0.289 e. The van der Waals surface area contributed by atoms with Gasteiger partial charge in [-0.15, -0.1) is 6.58 Å². The fourth-order valence-corrected chi connectivity index (χ4v) is 3.10. The molecular weight excluding hydrogens is 282 g/mol. The van der Waals surface area contributed by atoms with Crippen LogP contribution in [0.3, 0.4) is 0 Å². The molecule has 0 unspecified atom stereocenters. The van der Waals surface area contributed by atoms with Gasteiger partial charge in [0.1, 0.15) is 6.26 Å². The Hall–Kier alpha value is -2.04.